The van der Waals surface area contributed by atoms with Crippen LogP contribution in [0.25, 0.3) is 0 Å². The molecule has 0 saturated carbocycles. The third-order valence-corrected chi connectivity index (χ3v) is 2.34. The minimum Gasteiger partial charge on any atom is -0.384 e. The Hall–Kier alpha value is -1.64. The molecule has 0 saturated heterocycles. The maximum atomic E-state index is 7.79. The summed E-state index contributed by atoms with van der Waals surface area (Å²) in [4.78, 5) is 3.96. The number of hydrogen-bond acceptors (Lipinski definition) is 3. The number of nitrogens with one attached hydrogen (secondary N) is 1. The molecule has 1 aliphatic rings. The highest BCUT2D eigenvalue weighted by atomic mass is 14.9. The first-order chi connectivity index (χ1) is 7.13. The molecule has 0 spiro atoms. The standard InChI is InChI=1S/C12H17N3/c1-3-12(14)15-8-11(13)10-6-4-9(2)5-7-10/h3-4,6,8,13H,5,7,14H2,1-2H3/b12-3+,13-11?,15-8-. The fraction of sp³-hybridized carbons (Fsp3) is 0.333. The van der Waals surface area contributed by atoms with Crippen molar-refractivity contribution >= 4 is 11.9 Å². The monoisotopic (exact) mass is 203 g/mol. The molecule has 0 aromatic heterocycles. The molecule has 3 N–H and O–H groups in total. The average Bonchev–Trinajstić information content (AvgIpc) is 2.26. The minimum absolute atomic E-state index is 0.447. The summed E-state index contributed by atoms with van der Waals surface area (Å²) in [7, 11) is 0. The van der Waals surface area contributed by atoms with Crippen molar-refractivity contribution in [3.8, 4) is 0 Å². The van der Waals surface area contributed by atoms with Crippen LogP contribution >= 0.6 is 0 Å². The topological polar surface area (TPSA) is 62.2 Å². The molecule has 15 heavy (non-hydrogen) atoms. The Labute approximate surface area is 90.6 Å². The second-order valence-electron chi connectivity index (χ2n) is 3.59. The van der Waals surface area contributed by atoms with E-state index < -0.39 is 0 Å². The Morgan fingerprint density at radius 1 is 1.47 bits per heavy atom. The lowest BCUT2D eigenvalue weighted by Crippen LogP contribution is -2.06. The first kappa shape index (κ1) is 11.4. The molecule has 0 aromatic rings. The highest BCUT2D eigenvalue weighted by Crippen LogP contribution is 2.17. The molecule has 3 heteroatoms. The van der Waals surface area contributed by atoms with E-state index in [1.165, 1.54) is 11.8 Å². The van der Waals surface area contributed by atoms with Crippen molar-refractivity contribution in [2.45, 2.75) is 26.7 Å². The maximum absolute atomic E-state index is 7.79. The van der Waals surface area contributed by atoms with Gasteiger partial charge in [0, 0.05) is 0 Å². The molecule has 0 aliphatic heterocycles. The van der Waals surface area contributed by atoms with Crippen molar-refractivity contribution in [2.75, 3.05) is 0 Å². The number of aliphatic imine (C=N–C) groups is 1. The lowest BCUT2D eigenvalue weighted by atomic mass is 9.96. The van der Waals surface area contributed by atoms with Gasteiger partial charge in [-0.3, -0.25) is 5.41 Å². The number of rotatable bonds is 3. The van der Waals surface area contributed by atoms with Crippen LogP contribution in [-0.2, 0) is 0 Å². The van der Waals surface area contributed by atoms with Gasteiger partial charge in [-0.1, -0.05) is 17.7 Å². The van der Waals surface area contributed by atoms with Gasteiger partial charge in [-0.15, -0.1) is 0 Å². The van der Waals surface area contributed by atoms with Crippen LogP contribution in [0.15, 0.2) is 40.2 Å². The lowest BCUT2D eigenvalue weighted by molar-refractivity contribution is 0.938. The first-order valence-corrected chi connectivity index (χ1v) is 5.04. The zero-order chi connectivity index (χ0) is 11.3. The third kappa shape index (κ3) is 3.54. The summed E-state index contributed by atoms with van der Waals surface area (Å²) in [5.74, 6) is 0.447. The number of hydrogen-bond donors (Lipinski definition) is 2. The zero-order valence-electron chi connectivity index (χ0n) is 9.25. The summed E-state index contributed by atoms with van der Waals surface area (Å²) in [5.41, 5.74) is 8.34. The molecular formula is C12H17N3. The van der Waals surface area contributed by atoms with E-state index in [0.29, 0.717) is 11.5 Å². The Bertz CT molecular complexity index is 370. The van der Waals surface area contributed by atoms with Crippen LogP contribution in [0, 0.1) is 5.41 Å². The van der Waals surface area contributed by atoms with Gasteiger partial charge in [0.2, 0.25) is 0 Å². The van der Waals surface area contributed by atoms with E-state index in [9.17, 15) is 0 Å². The Kier molecular flexibility index (Phi) is 4.03. The first-order valence-electron chi connectivity index (χ1n) is 5.04. The molecule has 0 unspecified atom stereocenters. The molecule has 1 rings (SSSR count). The van der Waals surface area contributed by atoms with Gasteiger partial charge in [0.05, 0.1) is 11.9 Å². The predicted molar refractivity (Wildman–Crippen MR) is 65.2 cm³/mol. The van der Waals surface area contributed by atoms with Gasteiger partial charge in [-0.25, -0.2) is 4.99 Å². The van der Waals surface area contributed by atoms with E-state index in [4.69, 9.17) is 11.1 Å². The largest absolute Gasteiger partial charge is 0.384 e. The van der Waals surface area contributed by atoms with Gasteiger partial charge in [0.25, 0.3) is 0 Å². The fourth-order valence-corrected chi connectivity index (χ4v) is 1.26. The SMILES string of the molecule is C/C=C(N)/N=C\C(=N)C1=CC=C(C)CC1. The van der Waals surface area contributed by atoms with E-state index in [2.05, 4.69) is 18.0 Å². The lowest BCUT2D eigenvalue weighted by Gasteiger charge is -2.10. The quantitative estimate of drug-likeness (QED) is 0.680. The van der Waals surface area contributed by atoms with Crippen molar-refractivity contribution in [1.82, 2.24) is 0 Å². The van der Waals surface area contributed by atoms with Gasteiger partial charge in [0.1, 0.15) is 5.82 Å². The van der Waals surface area contributed by atoms with Crippen molar-refractivity contribution in [2.24, 2.45) is 10.7 Å². The highest BCUT2D eigenvalue weighted by molar-refractivity contribution is 6.36. The molecule has 0 fully saturated rings. The third-order valence-electron chi connectivity index (χ3n) is 2.34. The average molecular weight is 203 g/mol. The molecule has 0 atom stereocenters. The van der Waals surface area contributed by atoms with Gasteiger partial charge in [0.15, 0.2) is 0 Å². The van der Waals surface area contributed by atoms with E-state index >= 15 is 0 Å². The van der Waals surface area contributed by atoms with Gasteiger partial charge in [-0.05, 0) is 38.3 Å². The molecule has 0 aromatic carbocycles. The smallest absolute Gasteiger partial charge is 0.119 e. The van der Waals surface area contributed by atoms with Gasteiger partial charge < -0.3 is 5.73 Å². The Morgan fingerprint density at radius 3 is 2.73 bits per heavy atom. The summed E-state index contributed by atoms with van der Waals surface area (Å²) in [6.45, 7) is 3.92. The molecule has 0 radical (unpaired) electrons. The van der Waals surface area contributed by atoms with Gasteiger partial charge in [-0.2, -0.15) is 0 Å². The van der Waals surface area contributed by atoms with Crippen LogP contribution in [0.5, 0.6) is 0 Å². The molecule has 3 nitrogen and oxygen atoms in total. The second kappa shape index (κ2) is 5.29. The molecule has 0 amide bonds. The number of nitrogens with zero attached hydrogens (tertiary/aromatic N) is 1. The summed E-state index contributed by atoms with van der Waals surface area (Å²) >= 11 is 0. The molecule has 0 bridgehead atoms. The van der Waals surface area contributed by atoms with Crippen molar-refractivity contribution in [1.29, 1.82) is 5.41 Å². The van der Waals surface area contributed by atoms with Crippen LogP contribution < -0.4 is 5.73 Å². The zero-order valence-corrected chi connectivity index (χ0v) is 9.25. The Balaban J connectivity index is 2.67. The van der Waals surface area contributed by atoms with Crippen molar-refractivity contribution < 1.29 is 0 Å². The van der Waals surface area contributed by atoms with E-state index in [1.807, 2.05) is 13.0 Å². The normalized spacial score (nSPS) is 17.6. The molecule has 80 valence electrons. The predicted octanol–water partition coefficient (Wildman–Crippen LogP) is 2.56. The van der Waals surface area contributed by atoms with E-state index in [-0.39, 0.29) is 0 Å². The fourth-order valence-electron chi connectivity index (χ4n) is 1.26. The maximum Gasteiger partial charge on any atom is 0.119 e. The number of allylic oxidation sites excluding steroid dienone is 5. The highest BCUT2D eigenvalue weighted by Gasteiger charge is 2.06. The molecular weight excluding hydrogens is 186 g/mol. The van der Waals surface area contributed by atoms with Crippen LogP contribution in [0.1, 0.15) is 26.7 Å². The summed E-state index contributed by atoms with van der Waals surface area (Å²) in [6, 6.07) is 0. The van der Waals surface area contributed by atoms with Crippen LogP contribution in [0.3, 0.4) is 0 Å². The van der Waals surface area contributed by atoms with Crippen molar-refractivity contribution in [3.63, 3.8) is 0 Å². The van der Waals surface area contributed by atoms with Crippen LogP contribution in [0.2, 0.25) is 0 Å². The van der Waals surface area contributed by atoms with Crippen LogP contribution in [0.4, 0.5) is 0 Å². The van der Waals surface area contributed by atoms with Gasteiger partial charge >= 0.3 is 0 Å². The van der Waals surface area contributed by atoms with Crippen molar-refractivity contribution in [3.05, 3.63) is 35.2 Å². The number of nitrogens with two attached hydrogens (primary N) is 1. The summed E-state index contributed by atoms with van der Waals surface area (Å²) in [5, 5.41) is 7.79. The summed E-state index contributed by atoms with van der Waals surface area (Å²) in [6.07, 6.45) is 9.21. The van der Waals surface area contributed by atoms with E-state index in [1.54, 1.807) is 6.08 Å². The summed E-state index contributed by atoms with van der Waals surface area (Å²) < 4.78 is 0. The van der Waals surface area contributed by atoms with E-state index in [0.717, 1.165) is 18.4 Å². The Morgan fingerprint density at radius 2 is 2.20 bits per heavy atom. The van der Waals surface area contributed by atoms with Crippen LogP contribution in [-0.4, -0.2) is 11.9 Å². The second-order valence-corrected chi connectivity index (χ2v) is 3.59. The molecule has 1 aliphatic carbocycles. The minimum atomic E-state index is 0.447. The molecule has 0 heterocycles.